The van der Waals surface area contributed by atoms with Gasteiger partial charge in [-0.05, 0) is 31.6 Å². The highest BCUT2D eigenvalue weighted by Gasteiger charge is 2.08. The molecule has 0 bridgehead atoms. The minimum Gasteiger partial charge on any atom is -0.319 e. The predicted octanol–water partition coefficient (Wildman–Crippen LogP) is -0.509. The van der Waals surface area contributed by atoms with Gasteiger partial charge in [-0.15, -0.1) is 0 Å². The Morgan fingerprint density at radius 2 is 2.21 bits per heavy atom. The van der Waals surface area contributed by atoms with Crippen LogP contribution in [-0.2, 0) is 16.4 Å². The third-order valence-electron chi connectivity index (χ3n) is 1.76. The average Bonchev–Trinajstić information content (AvgIpc) is 2.14. The van der Waals surface area contributed by atoms with Gasteiger partial charge in [0.05, 0.1) is 0 Å². The number of rotatable bonds is 4. The van der Waals surface area contributed by atoms with E-state index < -0.39 is 10.0 Å². The number of nitrogens with zero attached hydrogens (tertiary/aromatic N) is 1. The molecule has 0 unspecified atom stereocenters. The van der Waals surface area contributed by atoms with Crippen LogP contribution in [0.3, 0.4) is 0 Å². The monoisotopic (exact) mass is 215 g/mol. The van der Waals surface area contributed by atoms with Crippen molar-refractivity contribution in [2.45, 2.75) is 11.3 Å². The first-order valence-electron chi connectivity index (χ1n) is 4.15. The van der Waals surface area contributed by atoms with Crippen molar-refractivity contribution in [3.8, 4) is 0 Å². The Balaban J connectivity index is 2.90. The number of sulfonamides is 1. The van der Waals surface area contributed by atoms with E-state index >= 15 is 0 Å². The number of aromatic nitrogens is 1. The highest BCUT2D eigenvalue weighted by Crippen LogP contribution is 2.07. The molecule has 0 fully saturated rings. The molecule has 0 radical (unpaired) electrons. The van der Waals surface area contributed by atoms with Gasteiger partial charge in [0.1, 0.15) is 4.90 Å². The van der Waals surface area contributed by atoms with Crippen molar-refractivity contribution in [1.82, 2.24) is 10.3 Å². The molecule has 0 aliphatic carbocycles. The van der Waals surface area contributed by atoms with Crippen LogP contribution in [0.5, 0.6) is 0 Å². The molecule has 0 amide bonds. The molecule has 6 heteroatoms. The maximum Gasteiger partial charge on any atom is 0.239 e. The second-order valence-corrected chi connectivity index (χ2v) is 4.49. The smallest absolute Gasteiger partial charge is 0.239 e. The molecule has 1 heterocycles. The summed E-state index contributed by atoms with van der Waals surface area (Å²) in [6, 6.07) is 1.54. The Morgan fingerprint density at radius 1 is 1.50 bits per heavy atom. The standard InChI is InChI=1S/C8H13N3O2S/c1-10-3-2-7-4-8(6-11-5-7)14(9,12)13/h4-6,10H,2-3H2,1H3,(H2,9,12,13). The molecule has 1 rings (SSSR count). The lowest BCUT2D eigenvalue weighted by Crippen LogP contribution is -2.14. The van der Waals surface area contributed by atoms with Gasteiger partial charge in [-0.1, -0.05) is 0 Å². The van der Waals surface area contributed by atoms with Gasteiger partial charge in [0, 0.05) is 12.4 Å². The summed E-state index contributed by atoms with van der Waals surface area (Å²) in [6.45, 7) is 0.774. The van der Waals surface area contributed by atoms with Crippen LogP contribution in [0.15, 0.2) is 23.4 Å². The predicted molar refractivity (Wildman–Crippen MR) is 53.2 cm³/mol. The van der Waals surface area contributed by atoms with Crippen LogP contribution in [0.2, 0.25) is 0 Å². The van der Waals surface area contributed by atoms with Gasteiger partial charge in [0.2, 0.25) is 10.0 Å². The number of nitrogens with one attached hydrogen (secondary N) is 1. The fourth-order valence-electron chi connectivity index (χ4n) is 1.03. The average molecular weight is 215 g/mol. The second-order valence-electron chi connectivity index (χ2n) is 2.93. The molecule has 5 nitrogen and oxygen atoms in total. The molecule has 0 aliphatic heterocycles. The van der Waals surface area contributed by atoms with E-state index in [9.17, 15) is 8.42 Å². The molecule has 78 valence electrons. The molecular weight excluding hydrogens is 202 g/mol. The van der Waals surface area contributed by atoms with Crippen molar-refractivity contribution in [3.05, 3.63) is 24.0 Å². The summed E-state index contributed by atoms with van der Waals surface area (Å²) in [6.07, 6.45) is 3.61. The molecule has 0 spiro atoms. The van der Waals surface area contributed by atoms with Crippen LogP contribution < -0.4 is 10.5 Å². The van der Waals surface area contributed by atoms with Crippen molar-refractivity contribution >= 4 is 10.0 Å². The lowest BCUT2D eigenvalue weighted by Gasteiger charge is -2.02. The van der Waals surface area contributed by atoms with E-state index in [1.54, 1.807) is 12.3 Å². The Morgan fingerprint density at radius 3 is 2.79 bits per heavy atom. The minimum absolute atomic E-state index is 0.0612. The highest BCUT2D eigenvalue weighted by atomic mass is 32.2. The first-order chi connectivity index (χ1) is 6.54. The molecule has 0 aromatic carbocycles. The number of pyridine rings is 1. The molecule has 0 atom stereocenters. The molecule has 3 N–H and O–H groups in total. The van der Waals surface area contributed by atoms with E-state index in [-0.39, 0.29) is 4.90 Å². The first kappa shape index (κ1) is 11.1. The van der Waals surface area contributed by atoms with E-state index in [0.29, 0.717) is 0 Å². The molecule has 0 saturated heterocycles. The van der Waals surface area contributed by atoms with Crippen LogP contribution in [0.1, 0.15) is 5.56 Å². The van der Waals surface area contributed by atoms with Gasteiger partial charge >= 0.3 is 0 Å². The van der Waals surface area contributed by atoms with Crippen LogP contribution in [0.4, 0.5) is 0 Å². The summed E-state index contributed by atoms with van der Waals surface area (Å²) < 4.78 is 22.0. The molecule has 14 heavy (non-hydrogen) atoms. The van der Waals surface area contributed by atoms with E-state index in [4.69, 9.17) is 5.14 Å². The normalized spacial score (nSPS) is 11.6. The number of primary sulfonamides is 1. The number of hydrogen-bond acceptors (Lipinski definition) is 4. The molecule has 0 saturated carbocycles. The van der Waals surface area contributed by atoms with Crippen molar-refractivity contribution < 1.29 is 8.42 Å². The van der Waals surface area contributed by atoms with E-state index in [1.165, 1.54) is 6.20 Å². The summed E-state index contributed by atoms with van der Waals surface area (Å²) >= 11 is 0. The Hall–Kier alpha value is -0.980. The lowest BCUT2D eigenvalue weighted by atomic mass is 10.2. The zero-order valence-electron chi connectivity index (χ0n) is 7.90. The summed E-state index contributed by atoms with van der Waals surface area (Å²) in [5.41, 5.74) is 0.853. The summed E-state index contributed by atoms with van der Waals surface area (Å²) in [5, 5.41) is 7.94. The topological polar surface area (TPSA) is 85.1 Å². The van der Waals surface area contributed by atoms with Crippen LogP contribution in [0, 0.1) is 0 Å². The van der Waals surface area contributed by atoms with Gasteiger partial charge < -0.3 is 5.32 Å². The zero-order chi connectivity index (χ0) is 10.6. The van der Waals surface area contributed by atoms with E-state index in [0.717, 1.165) is 18.5 Å². The second kappa shape index (κ2) is 4.50. The molecule has 1 aromatic rings. The highest BCUT2D eigenvalue weighted by molar-refractivity contribution is 7.89. The largest absolute Gasteiger partial charge is 0.319 e. The van der Waals surface area contributed by atoms with Gasteiger partial charge in [-0.25, -0.2) is 13.6 Å². The maximum atomic E-state index is 11.0. The van der Waals surface area contributed by atoms with Gasteiger partial charge in [-0.3, -0.25) is 4.98 Å². The Bertz CT molecular complexity index is 403. The number of likely N-dealkylation sites (N-methyl/N-ethyl adjacent to an activating group) is 1. The molecule has 1 aromatic heterocycles. The molecular formula is C8H13N3O2S. The Kier molecular flexibility index (Phi) is 3.56. The quantitative estimate of drug-likeness (QED) is 0.708. The van der Waals surface area contributed by atoms with Gasteiger partial charge in [0.25, 0.3) is 0 Å². The summed E-state index contributed by atoms with van der Waals surface area (Å²) in [4.78, 5) is 3.88. The van der Waals surface area contributed by atoms with E-state index in [1.807, 2.05) is 7.05 Å². The zero-order valence-corrected chi connectivity index (χ0v) is 8.71. The number of nitrogens with two attached hydrogens (primary N) is 1. The number of hydrogen-bond donors (Lipinski definition) is 2. The maximum absolute atomic E-state index is 11.0. The third-order valence-corrected chi connectivity index (χ3v) is 2.64. The van der Waals surface area contributed by atoms with Crippen molar-refractivity contribution in [3.63, 3.8) is 0 Å². The van der Waals surface area contributed by atoms with E-state index in [2.05, 4.69) is 10.3 Å². The van der Waals surface area contributed by atoms with Gasteiger partial charge in [0.15, 0.2) is 0 Å². The summed E-state index contributed by atoms with van der Waals surface area (Å²) in [5.74, 6) is 0. The lowest BCUT2D eigenvalue weighted by molar-refractivity contribution is 0.597. The van der Waals surface area contributed by atoms with Crippen LogP contribution >= 0.6 is 0 Å². The fraction of sp³-hybridized carbons (Fsp3) is 0.375. The summed E-state index contributed by atoms with van der Waals surface area (Å²) in [7, 11) is -1.80. The van der Waals surface area contributed by atoms with Crippen LogP contribution in [-0.4, -0.2) is 27.0 Å². The van der Waals surface area contributed by atoms with Gasteiger partial charge in [-0.2, -0.15) is 0 Å². The Labute approximate surface area is 83.4 Å². The molecule has 0 aliphatic rings. The van der Waals surface area contributed by atoms with Crippen molar-refractivity contribution in [1.29, 1.82) is 0 Å². The van der Waals surface area contributed by atoms with Crippen LogP contribution in [0.25, 0.3) is 0 Å². The first-order valence-corrected chi connectivity index (χ1v) is 5.70. The van der Waals surface area contributed by atoms with Crippen molar-refractivity contribution in [2.75, 3.05) is 13.6 Å². The van der Waals surface area contributed by atoms with Crippen molar-refractivity contribution in [2.24, 2.45) is 5.14 Å². The fourth-order valence-corrected chi connectivity index (χ4v) is 1.55. The SMILES string of the molecule is CNCCc1cncc(S(N)(=O)=O)c1. The third kappa shape index (κ3) is 3.06. The minimum atomic E-state index is -3.63.